The van der Waals surface area contributed by atoms with Gasteiger partial charge < -0.3 is 5.11 Å². The van der Waals surface area contributed by atoms with Gasteiger partial charge in [-0.05, 0) is 52.0 Å². The van der Waals surface area contributed by atoms with Crippen LogP contribution in [0.1, 0.15) is 34.1 Å². The van der Waals surface area contributed by atoms with Crippen LogP contribution in [0.2, 0.25) is 15.5 Å². The Labute approximate surface area is 362 Å². The average molecular weight is 1150 g/mol. The van der Waals surface area contributed by atoms with E-state index in [1.807, 2.05) is 97.1 Å². The number of aromatic nitrogens is 6. The van der Waals surface area contributed by atoms with Crippen molar-refractivity contribution < 1.29 is 59.7 Å². The molecule has 0 spiro atoms. The second-order valence-electron chi connectivity index (χ2n) is 10.6. The van der Waals surface area contributed by atoms with Crippen LogP contribution in [0.4, 0.5) is 0 Å². The smallest absolute Gasteiger partial charge is 0.155 e. The number of rotatable bonds is 6. The molecule has 3 aromatic heterocycles. The van der Waals surface area contributed by atoms with Gasteiger partial charge in [-0.25, -0.2) is 0 Å². The van der Waals surface area contributed by atoms with Gasteiger partial charge in [-0.3, -0.25) is 14.4 Å². The first kappa shape index (κ1) is 50.6. The van der Waals surface area contributed by atoms with Gasteiger partial charge in [-0.1, -0.05) is 77.3 Å². The summed E-state index contributed by atoms with van der Waals surface area (Å²) in [4.78, 5) is 30.1. The molecule has 10 nitrogen and oxygen atoms in total. The van der Waals surface area contributed by atoms with Gasteiger partial charge in [-0.15, -0.1) is 92.2 Å². The summed E-state index contributed by atoms with van der Waals surface area (Å²) in [6.45, 7) is 5.66. The molecule has 1 N–H and O–H groups in total. The first-order valence-corrected chi connectivity index (χ1v) is 16.8. The number of halogens is 3. The van der Waals surface area contributed by atoms with Crippen LogP contribution in [0, 0.1) is 12.1 Å². The molecule has 0 aliphatic heterocycles. The molecule has 6 aromatic rings. The summed E-state index contributed by atoms with van der Waals surface area (Å²) >= 11 is 16.9. The molecular formula is C40H35Cl3Ir2N6O4-2. The Kier molecular flexibility index (Phi) is 26.7. The van der Waals surface area contributed by atoms with Crippen LogP contribution in [-0.2, 0) is 54.6 Å². The predicted molar refractivity (Wildman–Crippen MR) is 208 cm³/mol. The number of benzene rings is 3. The molecular weight excluding hydrogens is 1120 g/mol. The minimum atomic E-state index is -0.125. The van der Waals surface area contributed by atoms with E-state index in [4.69, 9.17) is 39.9 Å². The summed E-state index contributed by atoms with van der Waals surface area (Å²) in [5, 5.41) is 32.7. The number of carbonyl (C=O) groups is 3. The zero-order valence-electron chi connectivity index (χ0n) is 29.9. The van der Waals surface area contributed by atoms with E-state index in [9.17, 15) is 14.4 Å². The Bertz CT molecular complexity index is 1800. The number of Topliss-reactive ketones (excluding diaryl/α,β-unsaturated/α-hetero) is 2. The zero-order chi connectivity index (χ0) is 39.0. The van der Waals surface area contributed by atoms with Crippen molar-refractivity contribution in [3.63, 3.8) is 0 Å². The van der Waals surface area contributed by atoms with Crippen LogP contribution in [0.3, 0.4) is 0 Å². The van der Waals surface area contributed by atoms with E-state index in [0.29, 0.717) is 15.5 Å². The molecule has 0 saturated heterocycles. The van der Waals surface area contributed by atoms with Gasteiger partial charge in [0.1, 0.15) is 21.9 Å². The van der Waals surface area contributed by atoms with Crippen LogP contribution in [0.5, 0.6) is 0 Å². The van der Waals surface area contributed by atoms with Crippen molar-refractivity contribution >= 4 is 52.2 Å². The SMILES string of the molecule is CC(=O)/C=C(/C)O.CC(=O)CC(C)=O.Clc1ccc(-c2[c-]cccc2)nn1.Clc1ccc(-c2[c-]cccc2)nn1.Clc1ccc(-c2ccccc2)nn1.[Ir].[Ir]. The topological polar surface area (TPSA) is 149 Å². The van der Waals surface area contributed by atoms with Crippen molar-refractivity contribution in [3.05, 3.63) is 155 Å². The average Bonchev–Trinajstić information content (AvgIpc) is 3.14. The predicted octanol–water partition coefficient (Wildman–Crippen LogP) is 9.58. The van der Waals surface area contributed by atoms with Crippen LogP contribution >= 0.6 is 34.8 Å². The Morgan fingerprint density at radius 2 is 0.927 bits per heavy atom. The zero-order valence-corrected chi connectivity index (χ0v) is 37.0. The standard InChI is InChI=1S/C10H7ClN2.2C10H6ClN2.2C5H8O2.2Ir/c3*11-10-7-6-9(12-13-10)8-4-2-1-3-5-8;2*1-4(6)3-5(2)7;;/h1-7H;2*1-4,6-7H;3H2,1-2H3;3,6H,1-2H3;;/q;2*-1;;;;/b;;;;4-3-;;. The number of aliphatic hydroxyl groups excluding tert-OH is 1. The van der Waals surface area contributed by atoms with Gasteiger partial charge in [0, 0.05) is 63.2 Å². The number of ketones is 3. The molecule has 0 fully saturated rings. The Hall–Kier alpha value is -4.38. The fourth-order valence-corrected chi connectivity index (χ4v) is 4.05. The van der Waals surface area contributed by atoms with Gasteiger partial charge >= 0.3 is 0 Å². The van der Waals surface area contributed by atoms with Gasteiger partial charge in [0.25, 0.3) is 0 Å². The summed E-state index contributed by atoms with van der Waals surface area (Å²) in [6, 6.07) is 41.8. The molecule has 6 rings (SSSR count). The van der Waals surface area contributed by atoms with Gasteiger partial charge in [0.05, 0.1) is 17.9 Å². The Morgan fingerprint density at radius 3 is 1.18 bits per heavy atom. The molecule has 0 amide bonds. The van der Waals surface area contributed by atoms with E-state index in [0.717, 1.165) is 33.8 Å². The molecule has 0 atom stereocenters. The fourth-order valence-electron chi connectivity index (χ4n) is 3.75. The molecule has 2 radical (unpaired) electrons. The number of hydrogen-bond acceptors (Lipinski definition) is 10. The van der Waals surface area contributed by atoms with Crippen LogP contribution in [0.25, 0.3) is 33.8 Å². The molecule has 290 valence electrons. The molecule has 0 bridgehead atoms. The quantitative estimate of drug-likeness (QED) is 0.0740. The first-order chi connectivity index (χ1) is 25.3. The van der Waals surface area contributed by atoms with Gasteiger partial charge in [0.2, 0.25) is 0 Å². The Balaban J connectivity index is 0.000000675. The molecule has 0 aliphatic rings. The van der Waals surface area contributed by atoms with Gasteiger partial charge in [-0.2, -0.15) is 10.2 Å². The molecule has 0 unspecified atom stereocenters. The minimum Gasteiger partial charge on any atom is -0.512 e. The molecule has 15 heteroatoms. The van der Waals surface area contributed by atoms with Crippen molar-refractivity contribution in [2.75, 3.05) is 0 Å². The number of aliphatic hydroxyl groups is 1. The maximum Gasteiger partial charge on any atom is 0.155 e. The van der Waals surface area contributed by atoms with E-state index in [1.165, 1.54) is 33.8 Å². The first-order valence-electron chi connectivity index (χ1n) is 15.7. The molecule has 55 heavy (non-hydrogen) atoms. The second-order valence-corrected chi connectivity index (χ2v) is 11.8. The van der Waals surface area contributed by atoms with E-state index in [1.54, 1.807) is 18.2 Å². The van der Waals surface area contributed by atoms with E-state index in [-0.39, 0.29) is 69.7 Å². The third-order valence-electron chi connectivity index (χ3n) is 5.85. The monoisotopic (exact) mass is 1150 g/mol. The fraction of sp³-hybridized carbons (Fsp3) is 0.125. The van der Waals surface area contributed by atoms with Gasteiger partial charge in [0.15, 0.2) is 10.9 Å². The summed E-state index contributed by atoms with van der Waals surface area (Å²) in [7, 11) is 0. The molecule has 3 heterocycles. The maximum atomic E-state index is 10.0. The van der Waals surface area contributed by atoms with Crippen molar-refractivity contribution in [3.8, 4) is 33.8 Å². The molecule has 0 saturated carbocycles. The number of hydrogen-bond donors (Lipinski definition) is 1. The molecule has 0 aliphatic carbocycles. The summed E-state index contributed by atoms with van der Waals surface area (Å²) < 4.78 is 0. The summed E-state index contributed by atoms with van der Waals surface area (Å²) in [5.41, 5.74) is 5.30. The van der Waals surface area contributed by atoms with Crippen molar-refractivity contribution in [1.82, 2.24) is 30.6 Å². The minimum absolute atomic E-state index is 0. The van der Waals surface area contributed by atoms with E-state index >= 15 is 0 Å². The number of carbonyl (C=O) groups excluding carboxylic acids is 3. The maximum absolute atomic E-state index is 10.0. The molecule has 3 aromatic carbocycles. The van der Waals surface area contributed by atoms with Crippen LogP contribution in [-0.4, -0.2) is 53.0 Å². The second kappa shape index (κ2) is 29.0. The van der Waals surface area contributed by atoms with E-state index in [2.05, 4.69) is 42.7 Å². The summed E-state index contributed by atoms with van der Waals surface area (Å²) in [6.07, 6.45) is 1.25. The third kappa shape index (κ3) is 23.2. The summed E-state index contributed by atoms with van der Waals surface area (Å²) in [5.74, 6) is -0.187. The number of allylic oxidation sites excluding steroid dienone is 2. The third-order valence-corrected chi connectivity index (χ3v) is 6.45. The largest absolute Gasteiger partial charge is 0.512 e. The van der Waals surface area contributed by atoms with Crippen molar-refractivity contribution in [2.24, 2.45) is 0 Å². The number of nitrogens with zero attached hydrogens (tertiary/aromatic N) is 6. The van der Waals surface area contributed by atoms with Crippen molar-refractivity contribution in [2.45, 2.75) is 34.1 Å². The normalized spacial score (nSPS) is 9.55. The van der Waals surface area contributed by atoms with Crippen molar-refractivity contribution in [1.29, 1.82) is 0 Å². The van der Waals surface area contributed by atoms with E-state index < -0.39 is 0 Å². The Morgan fingerprint density at radius 1 is 0.545 bits per heavy atom. The van der Waals surface area contributed by atoms with Crippen LogP contribution in [0.15, 0.2) is 127 Å². The van der Waals surface area contributed by atoms with Crippen LogP contribution < -0.4 is 0 Å².